The minimum atomic E-state index is -0.882. The quantitative estimate of drug-likeness (QED) is 0.856. The van der Waals surface area contributed by atoms with Crippen LogP contribution in [0.4, 0.5) is 0 Å². The number of fused-ring (bicyclic) bond motifs is 6. The van der Waals surface area contributed by atoms with E-state index in [1.54, 1.807) is 12.1 Å². The molecule has 2 aliphatic carbocycles. The summed E-state index contributed by atoms with van der Waals surface area (Å²) >= 11 is 3.10. The van der Waals surface area contributed by atoms with Gasteiger partial charge in [0.25, 0.3) is 0 Å². The zero-order chi connectivity index (χ0) is 16.4. The third-order valence-electron chi connectivity index (χ3n) is 5.99. The van der Waals surface area contributed by atoms with Crippen LogP contribution in [0.1, 0.15) is 46.0 Å². The molecule has 4 nitrogen and oxygen atoms in total. The Morgan fingerprint density at radius 2 is 2.00 bits per heavy atom. The van der Waals surface area contributed by atoms with Gasteiger partial charge >= 0.3 is 10.8 Å². The molecule has 0 saturated heterocycles. The van der Waals surface area contributed by atoms with Crippen LogP contribution in [0.25, 0.3) is 0 Å². The van der Waals surface area contributed by atoms with Crippen molar-refractivity contribution in [3.63, 3.8) is 0 Å². The molecule has 0 amide bonds. The van der Waals surface area contributed by atoms with E-state index in [0.717, 1.165) is 15.5 Å². The number of carboxylic acids is 1. The summed E-state index contributed by atoms with van der Waals surface area (Å²) in [6, 6.07) is 7.34. The Kier molecular flexibility index (Phi) is 3.22. The first-order valence-corrected chi connectivity index (χ1v) is 10.0. The molecule has 5 atom stereocenters. The van der Waals surface area contributed by atoms with Crippen LogP contribution in [0.5, 0.6) is 0 Å². The maximum atomic E-state index is 12.0. The molecule has 0 radical (unpaired) electrons. The molecule has 1 aromatic heterocycles. The number of nitrogens with one attached hydrogen (secondary N) is 1. The van der Waals surface area contributed by atoms with Gasteiger partial charge in [0.05, 0.1) is 10.6 Å². The maximum absolute atomic E-state index is 12.0. The smallest absolute Gasteiger partial charge is 0.335 e. The fraction of sp³-hybridized carbons (Fsp3) is 0.444. The molecular formula is C18H17NO3S2. The van der Waals surface area contributed by atoms with Crippen molar-refractivity contribution in [1.82, 2.24) is 4.98 Å². The molecule has 0 spiro atoms. The highest BCUT2D eigenvalue weighted by Crippen LogP contribution is 2.63. The molecule has 2 aromatic rings. The Balaban J connectivity index is 1.73. The third kappa shape index (κ3) is 1.99. The van der Waals surface area contributed by atoms with Gasteiger partial charge in [0, 0.05) is 16.0 Å². The van der Waals surface area contributed by atoms with Crippen LogP contribution in [0.15, 0.2) is 34.1 Å². The summed E-state index contributed by atoms with van der Waals surface area (Å²) in [5.41, 5.74) is 1.26. The monoisotopic (exact) mass is 359 g/mol. The highest BCUT2D eigenvalue weighted by atomic mass is 32.2. The second kappa shape index (κ2) is 5.23. The van der Waals surface area contributed by atoms with Crippen LogP contribution in [0, 0.1) is 17.8 Å². The van der Waals surface area contributed by atoms with Crippen molar-refractivity contribution in [3.05, 3.63) is 49.9 Å². The van der Waals surface area contributed by atoms with Crippen molar-refractivity contribution in [2.75, 3.05) is 0 Å². The highest BCUT2D eigenvalue weighted by Gasteiger charge is 2.55. The van der Waals surface area contributed by atoms with Crippen molar-refractivity contribution in [2.24, 2.45) is 17.8 Å². The number of rotatable bonds is 2. The second-order valence-corrected chi connectivity index (χ2v) is 9.27. The number of thioether (sulfide) groups is 1. The van der Waals surface area contributed by atoms with Gasteiger partial charge in [-0.25, -0.2) is 4.79 Å². The molecular weight excluding hydrogens is 342 g/mol. The van der Waals surface area contributed by atoms with Crippen molar-refractivity contribution < 1.29 is 9.90 Å². The zero-order valence-corrected chi connectivity index (χ0v) is 14.5. The predicted molar refractivity (Wildman–Crippen MR) is 94.2 cm³/mol. The lowest BCUT2D eigenvalue weighted by molar-refractivity contribution is 0.0694. The molecule has 1 aliphatic heterocycles. The summed E-state index contributed by atoms with van der Waals surface area (Å²) in [6.45, 7) is 0. The molecule has 2 heterocycles. The fourth-order valence-corrected chi connectivity index (χ4v) is 8.05. The number of benzene rings is 1. The summed E-state index contributed by atoms with van der Waals surface area (Å²) in [5.74, 6) is 0.977. The normalized spacial score (nSPS) is 33.2. The SMILES string of the molecule is O=C(O)c1ccccc1[C@@H]1c2sc(=O)[nH]c2S[C@H]2[C@@H]3CC[C@H](C3)[C@H]12. The number of hydrogen-bond donors (Lipinski definition) is 2. The number of carbonyl (C=O) groups is 1. The first-order valence-electron chi connectivity index (χ1n) is 8.35. The van der Waals surface area contributed by atoms with Gasteiger partial charge in [-0.1, -0.05) is 29.5 Å². The molecule has 124 valence electrons. The van der Waals surface area contributed by atoms with Crippen molar-refractivity contribution in [2.45, 2.75) is 35.5 Å². The molecule has 1 aromatic carbocycles. The van der Waals surface area contributed by atoms with Crippen LogP contribution < -0.4 is 4.87 Å². The van der Waals surface area contributed by atoms with E-state index < -0.39 is 5.97 Å². The summed E-state index contributed by atoms with van der Waals surface area (Å²) in [7, 11) is 0. The van der Waals surface area contributed by atoms with Crippen molar-refractivity contribution in [1.29, 1.82) is 0 Å². The van der Waals surface area contributed by atoms with E-state index in [1.165, 1.54) is 30.6 Å². The summed E-state index contributed by atoms with van der Waals surface area (Å²) in [6.07, 6.45) is 3.77. The predicted octanol–water partition coefficient (Wildman–Crippen LogP) is 3.79. The lowest BCUT2D eigenvalue weighted by Gasteiger charge is -2.40. The van der Waals surface area contributed by atoms with E-state index in [4.69, 9.17) is 0 Å². The summed E-state index contributed by atoms with van der Waals surface area (Å²) in [5, 5.41) is 11.1. The Morgan fingerprint density at radius 3 is 2.83 bits per heavy atom. The van der Waals surface area contributed by atoms with Crippen LogP contribution in [0.2, 0.25) is 0 Å². The highest BCUT2D eigenvalue weighted by molar-refractivity contribution is 8.00. The van der Waals surface area contributed by atoms with Crippen molar-refractivity contribution in [3.8, 4) is 0 Å². The van der Waals surface area contributed by atoms with Crippen LogP contribution >= 0.6 is 23.1 Å². The number of thiazole rings is 1. The molecule has 24 heavy (non-hydrogen) atoms. The van der Waals surface area contributed by atoms with Crippen LogP contribution in [-0.2, 0) is 0 Å². The van der Waals surface area contributed by atoms with Crippen LogP contribution in [0.3, 0.4) is 0 Å². The maximum Gasteiger partial charge on any atom is 0.335 e. The first-order chi connectivity index (χ1) is 11.6. The Labute approximate surface area is 147 Å². The third-order valence-corrected chi connectivity index (χ3v) is 8.62. The van der Waals surface area contributed by atoms with E-state index in [1.807, 2.05) is 23.9 Å². The second-order valence-electron chi connectivity index (χ2n) is 7.07. The van der Waals surface area contributed by atoms with Crippen LogP contribution in [-0.4, -0.2) is 21.3 Å². The first kappa shape index (κ1) is 14.8. The average molecular weight is 359 g/mol. The molecule has 2 saturated carbocycles. The Morgan fingerprint density at radius 1 is 1.21 bits per heavy atom. The van der Waals surface area contributed by atoms with Gasteiger partial charge in [-0.3, -0.25) is 4.79 Å². The number of hydrogen-bond acceptors (Lipinski definition) is 4. The van der Waals surface area contributed by atoms with E-state index >= 15 is 0 Å². The molecule has 3 aliphatic rings. The molecule has 6 heteroatoms. The van der Waals surface area contributed by atoms with Gasteiger partial charge in [0.1, 0.15) is 0 Å². The van der Waals surface area contributed by atoms with E-state index in [2.05, 4.69) is 4.98 Å². The topological polar surface area (TPSA) is 70.2 Å². The van der Waals surface area contributed by atoms with Gasteiger partial charge in [-0.15, -0.1) is 11.8 Å². The van der Waals surface area contributed by atoms with E-state index in [0.29, 0.717) is 28.6 Å². The molecule has 0 unspecified atom stereocenters. The van der Waals surface area contributed by atoms with Gasteiger partial charge in [0.15, 0.2) is 0 Å². The number of aromatic amines is 1. The number of aromatic carboxylic acids is 1. The molecule has 5 rings (SSSR count). The zero-order valence-electron chi connectivity index (χ0n) is 12.9. The standard InChI is InChI=1S/C18H17NO3S2/c20-17(21)11-4-2-1-3-10(11)13-12-8-5-6-9(7-8)14(12)23-16-15(13)24-18(22)19-16/h1-4,8-9,12-14H,5-7H2,(H,19,22)(H,20,21)/t8-,9-,12-,13+,14+/m1/s1. The number of H-pyrrole nitrogens is 1. The Hall–Kier alpha value is -1.53. The van der Waals surface area contributed by atoms with Gasteiger partial charge in [-0.05, 0) is 48.6 Å². The number of aromatic nitrogens is 1. The van der Waals surface area contributed by atoms with Gasteiger partial charge in [0.2, 0.25) is 0 Å². The molecule has 2 fully saturated rings. The molecule has 2 bridgehead atoms. The Bertz CT molecular complexity index is 886. The minimum Gasteiger partial charge on any atom is -0.478 e. The van der Waals surface area contributed by atoms with Gasteiger partial charge in [-0.2, -0.15) is 0 Å². The van der Waals surface area contributed by atoms with Gasteiger partial charge < -0.3 is 10.1 Å². The van der Waals surface area contributed by atoms with E-state index in [9.17, 15) is 14.7 Å². The minimum absolute atomic E-state index is 0.0300. The summed E-state index contributed by atoms with van der Waals surface area (Å²) in [4.78, 5) is 27.8. The lowest BCUT2D eigenvalue weighted by atomic mass is 9.74. The average Bonchev–Trinajstić information content (AvgIpc) is 3.26. The number of carboxylic acid groups (broad SMARTS) is 1. The largest absolute Gasteiger partial charge is 0.478 e. The lowest BCUT2D eigenvalue weighted by Crippen LogP contribution is -2.34. The van der Waals surface area contributed by atoms with Crippen molar-refractivity contribution >= 4 is 29.1 Å². The molecule has 2 N–H and O–H groups in total. The van der Waals surface area contributed by atoms with E-state index in [-0.39, 0.29) is 10.8 Å². The fourth-order valence-electron chi connectivity index (χ4n) is 5.16. The summed E-state index contributed by atoms with van der Waals surface area (Å²) < 4.78 is 0.